The number of benzene rings is 4. The molecule has 7 nitrogen and oxygen atoms in total. The number of alkyl halides is 1. The van der Waals surface area contributed by atoms with Gasteiger partial charge in [0.05, 0.1) is 39.6 Å². The summed E-state index contributed by atoms with van der Waals surface area (Å²) in [6, 6.07) is 40.8. The van der Waals surface area contributed by atoms with Crippen LogP contribution in [0.1, 0.15) is 48.4 Å². The van der Waals surface area contributed by atoms with Gasteiger partial charge in [0.15, 0.2) is 6.29 Å². The van der Waals surface area contributed by atoms with Crippen molar-refractivity contribution in [2.24, 2.45) is 0 Å². The van der Waals surface area contributed by atoms with Crippen molar-refractivity contribution in [3.8, 4) is 0 Å². The highest BCUT2D eigenvalue weighted by molar-refractivity contribution is 14.1. The molecule has 49 heavy (non-hydrogen) atoms. The summed E-state index contributed by atoms with van der Waals surface area (Å²) in [5, 5.41) is 0. The van der Waals surface area contributed by atoms with Gasteiger partial charge in [-0.2, -0.15) is 0 Å². The Morgan fingerprint density at radius 3 is 1.78 bits per heavy atom. The second-order valence-electron chi connectivity index (χ2n) is 12.3. The van der Waals surface area contributed by atoms with Crippen molar-refractivity contribution >= 4 is 28.6 Å². The van der Waals surface area contributed by atoms with Crippen molar-refractivity contribution in [3.63, 3.8) is 0 Å². The van der Waals surface area contributed by atoms with Crippen LogP contribution in [0.2, 0.25) is 0 Å². The maximum absolute atomic E-state index is 11.5. The zero-order valence-corrected chi connectivity index (χ0v) is 30.3. The zero-order valence-electron chi connectivity index (χ0n) is 28.2. The van der Waals surface area contributed by atoms with Gasteiger partial charge in [-0.05, 0) is 47.9 Å². The lowest BCUT2D eigenvalue weighted by Gasteiger charge is -2.51. The molecular formula is C41H47IO7. The lowest BCUT2D eigenvalue weighted by Crippen LogP contribution is -2.65. The predicted octanol–water partition coefficient (Wildman–Crippen LogP) is 8.27. The largest absolute Gasteiger partial charge is 0.466 e. The smallest absolute Gasteiger partial charge is 0.302 e. The Morgan fingerprint density at radius 1 is 0.673 bits per heavy atom. The number of unbranched alkanes of at least 4 members (excludes halogenated alkanes) is 1. The number of halogens is 1. The summed E-state index contributed by atoms with van der Waals surface area (Å²) in [4.78, 5) is 11.5. The molecule has 1 fully saturated rings. The Labute approximate surface area is 304 Å². The molecule has 0 aliphatic carbocycles. The van der Waals surface area contributed by atoms with Crippen LogP contribution in [0.5, 0.6) is 0 Å². The quantitative estimate of drug-likeness (QED) is 0.0411. The molecule has 5 atom stereocenters. The van der Waals surface area contributed by atoms with E-state index in [1.165, 1.54) is 12.5 Å². The van der Waals surface area contributed by atoms with Crippen LogP contribution in [-0.2, 0) is 59.5 Å². The number of rotatable bonds is 19. The van der Waals surface area contributed by atoms with Crippen molar-refractivity contribution in [1.82, 2.24) is 0 Å². The van der Waals surface area contributed by atoms with Gasteiger partial charge in [-0.25, -0.2) is 0 Å². The van der Waals surface area contributed by atoms with E-state index in [-0.39, 0.29) is 5.97 Å². The number of carbonyl (C=O) groups is 1. The van der Waals surface area contributed by atoms with Gasteiger partial charge in [-0.1, -0.05) is 144 Å². The fourth-order valence-electron chi connectivity index (χ4n) is 5.99. The summed E-state index contributed by atoms with van der Waals surface area (Å²) >= 11 is 2.50. The summed E-state index contributed by atoms with van der Waals surface area (Å²) in [5.41, 5.74) is 4.42. The summed E-state index contributed by atoms with van der Waals surface area (Å²) in [5.74, 6) is -0.274. The molecule has 0 saturated carbocycles. The topological polar surface area (TPSA) is 72.5 Å². The average Bonchev–Trinajstić information content (AvgIpc) is 3.13. The Bertz CT molecular complexity index is 1490. The molecule has 0 unspecified atom stereocenters. The van der Waals surface area contributed by atoms with Crippen molar-refractivity contribution in [2.45, 2.75) is 80.5 Å². The number of ether oxygens (including phenoxy) is 6. The van der Waals surface area contributed by atoms with Gasteiger partial charge in [-0.3, -0.25) is 4.79 Å². The molecule has 4 aromatic carbocycles. The first-order valence-corrected chi connectivity index (χ1v) is 18.1. The van der Waals surface area contributed by atoms with Gasteiger partial charge in [-0.15, -0.1) is 0 Å². The molecule has 1 heterocycles. The average molecular weight is 779 g/mol. The molecule has 0 spiro atoms. The van der Waals surface area contributed by atoms with Crippen molar-refractivity contribution in [3.05, 3.63) is 144 Å². The molecule has 8 heteroatoms. The molecule has 260 valence electrons. The van der Waals surface area contributed by atoms with Gasteiger partial charge in [0.2, 0.25) is 0 Å². The zero-order chi connectivity index (χ0) is 34.2. The minimum absolute atomic E-state index is 0.274. The third-order valence-electron chi connectivity index (χ3n) is 8.54. The van der Waals surface area contributed by atoms with E-state index in [9.17, 15) is 4.79 Å². The van der Waals surface area contributed by atoms with Gasteiger partial charge in [0, 0.05) is 6.92 Å². The highest BCUT2D eigenvalue weighted by atomic mass is 127. The fourth-order valence-corrected chi connectivity index (χ4v) is 7.23. The maximum Gasteiger partial charge on any atom is 0.302 e. The summed E-state index contributed by atoms with van der Waals surface area (Å²) < 4.78 is 38.3. The highest BCUT2D eigenvalue weighted by Gasteiger charge is 2.56. The van der Waals surface area contributed by atoms with Gasteiger partial charge >= 0.3 is 5.97 Å². The Balaban J connectivity index is 1.43. The SMILES string of the molecule is CC(=O)OCCCC[C@@]1(I)[C@@H](OCCc2ccccc2)O[C@H](COCc2ccccc2)[C@@H](OCc2ccccc2)[C@@H]1OCc1ccccc1. The number of hydrogen-bond acceptors (Lipinski definition) is 7. The van der Waals surface area contributed by atoms with Crippen LogP contribution in [0.25, 0.3) is 0 Å². The molecule has 1 aliphatic heterocycles. The van der Waals surface area contributed by atoms with Crippen LogP contribution in [0.4, 0.5) is 0 Å². The lowest BCUT2D eigenvalue weighted by atomic mass is 9.86. The summed E-state index contributed by atoms with van der Waals surface area (Å²) in [7, 11) is 0. The molecule has 5 rings (SSSR count). The molecule has 4 aromatic rings. The number of esters is 1. The van der Waals surface area contributed by atoms with Gasteiger partial charge < -0.3 is 28.4 Å². The minimum Gasteiger partial charge on any atom is -0.466 e. The normalized spacial score (nSPS) is 22.1. The van der Waals surface area contributed by atoms with Crippen LogP contribution < -0.4 is 0 Å². The Hall–Kier alpha value is -3.12. The van der Waals surface area contributed by atoms with E-state index < -0.39 is 28.0 Å². The lowest BCUT2D eigenvalue weighted by molar-refractivity contribution is -0.291. The van der Waals surface area contributed by atoms with Crippen LogP contribution in [-0.4, -0.2) is 53.8 Å². The third-order valence-corrected chi connectivity index (χ3v) is 10.2. The van der Waals surface area contributed by atoms with Crippen LogP contribution in [0, 0.1) is 0 Å². The first-order valence-electron chi connectivity index (χ1n) is 17.1. The standard InChI is InChI=1S/C41H47IO7/c1-32(43)45-26-15-14-25-41(42)39(48-30-36-22-12-5-13-23-36)38(47-29-35-20-10-4-11-21-35)37(31-44-28-34-18-8-3-9-19-34)49-40(41)46-27-24-33-16-6-2-7-17-33/h2-13,16-23,37-40H,14-15,24-31H2,1H3/t37-,38-,39+,40+,41+/m1/s1. The van der Waals surface area contributed by atoms with E-state index in [0.29, 0.717) is 52.5 Å². The monoisotopic (exact) mass is 778 g/mol. The molecular weight excluding hydrogens is 731 g/mol. The number of carbonyl (C=O) groups excluding carboxylic acids is 1. The number of hydrogen-bond donors (Lipinski definition) is 0. The van der Waals surface area contributed by atoms with Crippen LogP contribution in [0.15, 0.2) is 121 Å². The third kappa shape index (κ3) is 11.7. The van der Waals surface area contributed by atoms with E-state index in [4.69, 9.17) is 28.4 Å². The molecule has 0 aromatic heterocycles. The predicted molar refractivity (Wildman–Crippen MR) is 198 cm³/mol. The first-order chi connectivity index (χ1) is 24.0. The molecule has 0 radical (unpaired) electrons. The molecule has 1 aliphatic rings. The minimum atomic E-state index is -0.628. The molecule has 0 bridgehead atoms. The van der Waals surface area contributed by atoms with Crippen LogP contribution >= 0.6 is 22.6 Å². The summed E-state index contributed by atoms with van der Waals surface area (Å²) in [6.45, 7) is 3.84. The highest BCUT2D eigenvalue weighted by Crippen LogP contribution is 2.45. The summed E-state index contributed by atoms with van der Waals surface area (Å²) in [6.07, 6.45) is 1.01. The van der Waals surface area contributed by atoms with Gasteiger partial charge in [0.25, 0.3) is 0 Å². The van der Waals surface area contributed by atoms with E-state index >= 15 is 0 Å². The Kier molecular flexibility index (Phi) is 15.1. The second kappa shape index (κ2) is 19.9. The van der Waals surface area contributed by atoms with E-state index in [1.807, 2.05) is 72.8 Å². The molecule has 0 N–H and O–H groups in total. The first kappa shape index (κ1) is 37.1. The van der Waals surface area contributed by atoms with Crippen molar-refractivity contribution < 1.29 is 33.2 Å². The van der Waals surface area contributed by atoms with Crippen molar-refractivity contribution in [1.29, 1.82) is 0 Å². The maximum atomic E-state index is 11.5. The molecule has 0 amide bonds. The fraction of sp³-hybridized carbons (Fsp3) is 0.390. The van der Waals surface area contributed by atoms with Crippen LogP contribution in [0.3, 0.4) is 0 Å². The Morgan fingerprint density at radius 2 is 1.20 bits per heavy atom. The van der Waals surface area contributed by atoms with Crippen molar-refractivity contribution in [2.75, 3.05) is 19.8 Å². The van der Waals surface area contributed by atoms with E-state index in [0.717, 1.165) is 29.5 Å². The van der Waals surface area contributed by atoms with E-state index in [2.05, 4.69) is 71.1 Å². The second-order valence-corrected chi connectivity index (χ2v) is 14.3. The van der Waals surface area contributed by atoms with Gasteiger partial charge in [0.1, 0.15) is 21.7 Å². The molecule has 1 saturated heterocycles. The van der Waals surface area contributed by atoms with E-state index in [1.54, 1.807) is 0 Å².